The number of anilines is 1. The summed E-state index contributed by atoms with van der Waals surface area (Å²) in [6.07, 6.45) is 1.44. The standard InChI is InChI=1S/C23H26BrN3O6/c1-4-32-22(30)14-33-23-17(24)11-16(12-19(23)31-3)13-25-27-21(29)10-9-20(28)26-18-8-6-5-7-15(18)2/h5-8,11-13H,4,9-10,14H2,1-3H3,(H,26,28)(H,27,29). The number of benzene rings is 2. The van der Waals surface area contributed by atoms with Gasteiger partial charge in [0.15, 0.2) is 18.1 Å². The number of hydrogen-bond donors (Lipinski definition) is 2. The summed E-state index contributed by atoms with van der Waals surface area (Å²) in [7, 11) is 1.46. The number of para-hydroxylation sites is 1. The minimum absolute atomic E-state index is 0.0112. The second-order valence-electron chi connectivity index (χ2n) is 6.78. The zero-order valence-electron chi connectivity index (χ0n) is 18.6. The molecule has 2 aromatic rings. The van der Waals surface area contributed by atoms with Crippen molar-refractivity contribution in [1.82, 2.24) is 5.43 Å². The van der Waals surface area contributed by atoms with Gasteiger partial charge in [-0.15, -0.1) is 0 Å². The van der Waals surface area contributed by atoms with Gasteiger partial charge in [0.25, 0.3) is 0 Å². The summed E-state index contributed by atoms with van der Waals surface area (Å²) in [6, 6.07) is 10.7. The van der Waals surface area contributed by atoms with Crippen LogP contribution < -0.4 is 20.2 Å². The van der Waals surface area contributed by atoms with Crippen molar-refractivity contribution >= 4 is 45.6 Å². The van der Waals surface area contributed by atoms with Crippen molar-refractivity contribution in [2.45, 2.75) is 26.7 Å². The van der Waals surface area contributed by atoms with Gasteiger partial charge in [-0.1, -0.05) is 18.2 Å². The Hall–Kier alpha value is -3.40. The summed E-state index contributed by atoms with van der Waals surface area (Å²) in [5.41, 5.74) is 4.66. The molecular weight excluding hydrogens is 494 g/mol. The molecule has 2 aromatic carbocycles. The molecule has 176 valence electrons. The number of hydrazone groups is 1. The van der Waals surface area contributed by atoms with Gasteiger partial charge in [-0.25, -0.2) is 10.2 Å². The molecule has 2 N–H and O–H groups in total. The number of methoxy groups -OCH3 is 1. The van der Waals surface area contributed by atoms with E-state index in [1.54, 1.807) is 25.1 Å². The maximum Gasteiger partial charge on any atom is 0.344 e. The summed E-state index contributed by atoms with van der Waals surface area (Å²) in [4.78, 5) is 35.6. The molecule has 9 nitrogen and oxygen atoms in total. The topological polar surface area (TPSA) is 115 Å². The zero-order valence-corrected chi connectivity index (χ0v) is 20.2. The van der Waals surface area contributed by atoms with Crippen LogP contribution in [0.2, 0.25) is 0 Å². The van der Waals surface area contributed by atoms with E-state index in [0.29, 0.717) is 21.5 Å². The number of hydrogen-bond acceptors (Lipinski definition) is 7. The van der Waals surface area contributed by atoms with Crippen molar-refractivity contribution in [2.24, 2.45) is 5.10 Å². The van der Waals surface area contributed by atoms with E-state index in [1.807, 2.05) is 25.1 Å². The highest BCUT2D eigenvalue weighted by molar-refractivity contribution is 9.10. The Morgan fingerprint density at radius 3 is 2.55 bits per heavy atom. The minimum atomic E-state index is -0.493. The molecule has 0 bridgehead atoms. The van der Waals surface area contributed by atoms with E-state index in [-0.39, 0.29) is 32.0 Å². The van der Waals surface area contributed by atoms with E-state index >= 15 is 0 Å². The molecule has 0 radical (unpaired) electrons. The monoisotopic (exact) mass is 519 g/mol. The fourth-order valence-corrected chi connectivity index (χ4v) is 3.25. The first-order valence-electron chi connectivity index (χ1n) is 10.2. The molecule has 10 heteroatoms. The summed E-state index contributed by atoms with van der Waals surface area (Å²) in [5, 5.41) is 6.69. The lowest BCUT2D eigenvalue weighted by Crippen LogP contribution is -2.20. The number of aryl methyl sites for hydroxylation is 1. The number of carbonyl (C=O) groups excluding carboxylic acids is 3. The summed E-state index contributed by atoms with van der Waals surface area (Å²) < 4.78 is 16.2. The molecule has 0 aromatic heterocycles. The van der Waals surface area contributed by atoms with Gasteiger partial charge >= 0.3 is 5.97 Å². The molecule has 0 saturated heterocycles. The average Bonchev–Trinajstić information content (AvgIpc) is 2.78. The number of amides is 2. The van der Waals surface area contributed by atoms with E-state index in [9.17, 15) is 14.4 Å². The Morgan fingerprint density at radius 1 is 1.12 bits per heavy atom. The summed E-state index contributed by atoms with van der Waals surface area (Å²) in [6.45, 7) is 3.60. The molecule has 2 rings (SSSR count). The highest BCUT2D eigenvalue weighted by Gasteiger charge is 2.14. The number of nitrogens with one attached hydrogen (secondary N) is 2. The Bertz CT molecular complexity index is 1030. The highest BCUT2D eigenvalue weighted by Crippen LogP contribution is 2.36. The number of carbonyl (C=O) groups is 3. The van der Waals surface area contributed by atoms with Gasteiger partial charge in [-0.05, 0) is 59.1 Å². The lowest BCUT2D eigenvalue weighted by Gasteiger charge is -2.13. The number of halogens is 1. The second-order valence-corrected chi connectivity index (χ2v) is 7.64. The van der Waals surface area contributed by atoms with Crippen LogP contribution in [0.4, 0.5) is 5.69 Å². The number of esters is 1. The number of rotatable bonds is 11. The van der Waals surface area contributed by atoms with Gasteiger partial charge in [-0.2, -0.15) is 5.10 Å². The normalized spacial score (nSPS) is 10.5. The van der Waals surface area contributed by atoms with Crippen LogP contribution in [-0.2, 0) is 19.1 Å². The third-order valence-electron chi connectivity index (χ3n) is 4.29. The molecule has 0 aliphatic carbocycles. The van der Waals surface area contributed by atoms with Crippen LogP contribution in [0.15, 0.2) is 46.0 Å². The van der Waals surface area contributed by atoms with Crippen molar-refractivity contribution < 1.29 is 28.6 Å². The van der Waals surface area contributed by atoms with Gasteiger partial charge < -0.3 is 19.5 Å². The Balaban J connectivity index is 1.87. The van der Waals surface area contributed by atoms with E-state index in [1.165, 1.54) is 13.3 Å². The second kappa shape index (κ2) is 13.2. The van der Waals surface area contributed by atoms with Crippen LogP contribution >= 0.6 is 15.9 Å². The Morgan fingerprint density at radius 2 is 1.85 bits per heavy atom. The van der Waals surface area contributed by atoms with E-state index in [0.717, 1.165) is 11.3 Å². The lowest BCUT2D eigenvalue weighted by atomic mass is 10.2. The fourth-order valence-electron chi connectivity index (χ4n) is 2.68. The predicted molar refractivity (Wildman–Crippen MR) is 128 cm³/mol. The predicted octanol–water partition coefficient (Wildman–Crippen LogP) is 3.58. The Labute approximate surface area is 200 Å². The van der Waals surface area contributed by atoms with Gasteiger partial charge in [0.05, 0.1) is 24.4 Å². The smallest absolute Gasteiger partial charge is 0.344 e. The van der Waals surface area contributed by atoms with Crippen LogP contribution in [0.1, 0.15) is 30.9 Å². The Kier molecular flexibility index (Phi) is 10.4. The van der Waals surface area contributed by atoms with Gasteiger partial charge in [0.1, 0.15) is 0 Å². The van der Waals surface area contributed by atoms with Gasteiger partial charge in [-0.3, -0.25) is 9.59 Å². The maximum absolute atomic E-state index is 12.0. The largest absolute Gasteiger partial charge is 0.493 e. The van der Waals surface area contributed by atoms with Crippen LogP contribution in [0.3, 0.4) is 0 Å². The molecule has 0 aliphatic rings. The van der Waals surface area contributed by atoms with E-state index in [2.05, 4.69) is 31.8 Å². The van der Waals surface area contributed by atoms with Gasteiger partial charge in [0, 0.05) is 18.5 Å². The van der Waals surface area contributed by atoms with Crippen LogP contribution in [-0.4, -0.2) is 44.3 Å². The quantitative estimate of drug-likeness (QED) is 0.266. The van der Waals surface area contributed by atoms with E-state index in [4.69, 9.17) is 14.2 Å². The lowest BCUT2D eigenvalue weighted by molar-refractivity contribution is -0.145. The van der Waals surface area contributed by atoms with Crippen molar-refractivity contribution in [3.8, 4) is 11.5 Å². The first-order chi connectivity index (χ1) is 15.8. The molecular formula is C23H26BrN3O6. The van der Waals surface area contributed by atoms with Gasteiger partial charge in [0.2, 0.25) is 11.8 Å². The van der Waals surface area contributed by atoms with Crippen LogP contribution in [0.5, 0.6) is 11.5 Å². The average molecular weight is 520 g/mol. The van der Waals surface area contributed by atoms with Crippen molar-refractivity contribution in [2.75, 3.05) is 25.6 Å². The van der Waals surface area contributed by atoms with Crippen molar-refractivity contribution in [3.05, 3.63) is 52.0 Å². The molecule has 0 heterocycles. The number of nitrogens with zero attached hydrogens (tertiary/aromatic N) is 1. The highest BCUT2D eigenvalue weighted by atomic mass is 79.9. The molecule has 0 unspecified atom stereocenters. The van der Waals surface area contributed by atoms with E-state index < -0.39 is 11.9 Å². The maximum atomic E-state index is 12.0. The third-order valence-corrected chi connectivity index (χ3v) is 4.88. The minimum Gasteiger partial charge on any atom is -0.493 e. The molecule has 33 heavy (non-hydrogen) atoms. The first kappa shape index (κ1) is 25.9. The fraction of sp³-hybridized carbons (Fsp3) is 0.304. The number of ether oxygens (including phenoxy) is 3. The van der Waals surface area contributed by atoms with Crippen molar-refractivity contribution in [1.29, 1.82) is 0 Å². The zero-order chi connectivity index (χ0) is 24.2. The molecule has 2 amide bonds. The third kappa shape index (κ3) is 8.57. The molecule has 0 saturated carbocycles. The molecule has 0 atom stereocenters. The summed E-state index contributed by atoms with van der Waals surface area (Å²) >= 11 is 3.37. The molecule has 0 aliphatic heterocycles. The molecule has 0 fully saturated rings. The van der Waals surface area contributed by atoms with Crippen LogP contribution in [0.25, 0.3) is 0 Å². The molecule has 0 spiro atoms. The van der Waals surface area contributed by atoms with Crippen molar-refractivity contribution in [3.63, 3.8) is 0 Å². The SMILES string of the molecule is CCOC(=O)COc1c(Br)cc(C=NNC(=O)CCC(=O)Nc2ccccc2C)cc1OC. The van der Waals surface area contributed by atoms with Crippen LogP contribution in [0, 0.1) is 6.92 Å². The first-order valence-corrected chi connectivity index (χ1v) is 11.0. The summed E-state index contributed by atoms with van der Waals surface area (Å²) in [5.74, 6) is -0.435.